The van der Waals surface area contributed by atoms with Crippen LogP contribution in [0.3, 0.4) is 0 Å². The molecule has 2 N–H and O–H groups in total. The molecule has 184 valence electrons. The second-order valence-electron chi connectivity index (χ2n) is 8.43. The zero-order valence-corrected chi connectivity index (χ0v) is 19.9. The van der Waals surface area contributed by atoms with Crippen molar-refractivity contribution in [1.82, 2.24) is 14.9 Å². The first-order valence-corrected chi connectivity index (χ1v) is 11.7. The van der Waals surface area contributed by atoms with Crippen LogP contribution in [0.4, 0.5) is 11.8 Å². The van der Waals surface area contributed by atoms with Crippen LogP contribution >= 0.6 is 0 Å². The average molecular weight is 480 g/mol. The molecule has 0 unspecified atom stereocenters. The van der Waals surface area contributed by atoms with Crippen molar-refractivity contribution >= 4 is 28.6 Å². The van der Waals surface area contributed by atoms with Crippen LogP contribution in [0.15, 0.2) is 30.3 Å². The van der Waals surface area contributed by atoms with E-state index in [1.165, 1.54) is 0 Å². The van der Waals surface area contributed by atoms with Crippen LogP contribution in [-0.2, 0) is 11.3 Å². The lowest BCUT2D eigenvalue weighted by molar-refractivity contribution is -0.127. The van der Waals surface area contributed by atoms with E-state index in [0.717, 1.165) is 53.9 Å². The van der Waals surface area contributed by atoms with E-state index < -0.39 is 0 Å². The Labute approximate surface area is 203 Å². The van der Waals surface area contributed by atoms with E-state index in [9.17, 15) is 4.79 Å². The first kappa shape index (κ1) is 22.8. The summed E-state index contributed by atoms with van der Waals surface area (Å²) in [5.74, 6) is 4.10. The highest BCUT2D eigenvalue weighted by atomic mass is 16.7. The summed E-state index contributed by atoms with van der Waals surface area (Å²) in [6.07, 6.45) is 2.43. The number of anilines is 2. The molecular formula is C25H29N5O5. The molecule has 1 amide bonds. The van der Waals surface area contributed by atoms with E-state index in [0.29, 0.717) is 42.8 Å². The summed E-state index contributed by atoms with van der Waals surface area (Å²) in [4.78, 5) is 23.2. The highest BCUT2D eigenvalue weighted by Gasteiger charge is 2.19. The van der Waals surface area contributed by atoms with Crippen LogP contribution in [0.1, 0.15) is 24.8 Å². The summed E-state index contributed by atoms with van der Waals surface area (Å²) < 4.78 is 21.8. The van der Waals surface area contributed by atoms with E-state index >= 15 is 0 Å². The topological polar surface area (TPSA) is 107 Å². The number of carbonyl (C=O) groups is 1. The molecular weight excluding hydrogens is 450 g/mol. The van der Waals surface area contributed by atoms with Crippen molar-refractivity contribution < 1.29 is 23.7 Å². The Morgan fingerprint density at radius 3 is 2.66 bits per heavy atom. The van der Waals surface area contributed by atoms with Crippen molar-refractivity contribution in [3.63, 3.8) is 0 Å². The number of fused-ring (bicyclic) bond motifs is 2. The fourth-order valence-corrected chi connectivity index (χ4v) is 4.32. The van der Waals surface area contributed by atoms with E-state index in [4.69, 9.17) is 28.9 Å². The first-order valence-electron chi connectivity index (χ1n) is 11.7. The van der Waals surface area contributed by atoms with Gasteiger partial charge in [0.1, 0.15) is 5.82 Å². The van der Waals surface area contributed by atoms with Crippen LogP contribution < -0.4 is 29.6 Å². The predicted molar refractivity (Wildman–Crippen MR) is 131 cm³/mol. The van der Waals surface area contributed by atoms with Crippen molar-refractivity contribution in [3.05, 3.63) is 35.9 Å². The van der Waals surface area contributed by atoms with Crippen LogP contribution in [-0.4, -0.2) is 61.4 Å². The lowest BCUT2D eigenvalue weighted by Crippen LogP contribution is -2.27. The zero-order valence-electron chi connectivity index (χ0n) is 19.9. The molecule has 2 aliphatic rings. The van der Waals surface area contributed by atoms with Crippen LogP contribution in [0.5, 0.6) is 23.0 Å². The van der Waals surface area contributed by atoms with Gasteiger partial charge >= 0.3 is 0 Å². The Morgan fingerprint density at radius 2 is 1.86 bits per heavy atom. The third-order valence-corrected chi connectivity index (χ3v) is 6.16. The van der Waals surface area contributed by atoms with Gasteiger partial charge in [-0.05, 0) is 36.6 Å². The predicted octanol–water partition coefficient (Wildman–Crippen LogP) is 3.41. The first-order chi connectivity index (χ1) is 17.1. The van der Waals surface area contributed by atoms with Crippen LogP contribution in [0.25, 0.3) is 10.9 Å². The summed E-state index contributed by atoms with van der Waals surface area (Å²) in [5.41, 5.74) is 1.75. The number of benzene rings is 2. The average Bonchev–Trinajstić information content (AvgIpc) is 3.52. The molecule has 0 radical (unpaired) electrons. The standard InChI is InChI=1S/C25H29N5O5/c1-32-20-12-17-18(13-21(20)33-2)28-25(27-14-16-6-7-19-22(11-16)35-15-34-19)29-24(17)26-8-4-10-30-9-3-5-23(30)31/h6-7,11-13H,3-5,8-10,14-15H2,1-2H3,(H2,26,27,28,29). The number of methoxy groups -OCH3 is 2. The number of hydrogen-bond donors (Lipinski definition) is 2. The Kier molecular flexibility index (Phi) is 6.60. The van der Waals surface area contributed by atoms with Crippen molar-refractivity contribution in [2.24, 2.45) is 0 Å². The van der Waals surface area contributed by atoms with Gasteiger partial charge in [0, 0.05) is 44.1 Å². The van der Waals surface area contributed by atoms with Crippen molar-refractivity contribution in [2.45, 2.75) is 25.8 Å². The van der Waals surface area contributed by atoms with Gasteiger partial charge in [-0.25, -0.2) is 4.98 Å². The maximum atomic E-state index is 11.9. The summed E-state index contributed by atoms with van der Waals surface area (Å²) in [7, 11) is 3.20. The minimum atomic E-state index is 0.240. The SMILES string of the molecule is COc1cc2nc(NCc3ccc4c(c3)OCO4)nc(NCCCN3CCCC3=O)c2cc1OC. The van der Waals surface area contributed by atoms with Crippen molar-refractivity contribution in [2.75, 3.05) is 51.3 Å². The second kappa shape index (κ2) is 10.1. The Hall–Kier alpha value is -3.95. The highest BCUT2D eigenvalue weighted by Crippen LogP contribution is 2.35. The molecule has 1 saturated heterocycles. The van der Waals surface area contributed by atoms with Gasteiger partial charge in [-0.1, -0.05) is 6.07 Å². The molecule has 5 rings (SSSR count). The minimum Gasteiger partial charge on any atom is -0.493 e. The lowest BCUT2D eigenvalue weighted by Gasteiger charge is -2.17. The number of ether oxygens (including phenoxy) is 4. The number of likely N-dealkylation sites (tertiary alicyclic amines) is 1. The molecule has 3 heterocycles. The molecule has 0 saturated carbocycles. The minimum absolute atomic E-state index is 0.240. The molecule has 1 aromatic heterocycles. The molecule has 35 heavy (non-hydrogen) atoms. The molecule has 0 spiro atoms. The molecule has 0 bridgehead atoms. The normalized spacial score (nSPS) is 14.5. The number of aromatic nitrogens is 2. The largest absolute Gasteiger partial charge is 0.493 e. The maximum absolute atomic E-state index is 11.9. The molecule has 0 atom stereocenters. The Bertz CT molecular complexity index is 1230. The van der Waals surface area contributed by atoms with E-state index in [2.05, 4.69) is 10.6 Å². The Morgan fingerprint density at radius 1 is 1.03 bits per heavy atom. The van der Waals surface area contributed by atoms with Crippen LogP contribution in [0, 0.1) is 0 Å². The van der Waals surface area contributed by atoms with Gasteiger partial charge in [-0.2, -0.15) is 4.98 Å². The molecule has 2 aliphatic heterocycles. The molecule has 3 aromatic rings. The second-order valence-corrected chi connectivity index (χ2v) is 8.43. The van der Waals surface area contributed by atoms with Crippen molar-refractivity contribution in [3.8, 4) is 23.0 Å². The number of amides is 1. The van der Waals surface area contributed by atoms with E-state index in [1.54, 1.807) is 14.2 Å². The van der Waals surface area contributed by atoms with Gasteiger partial charge in [0.05, 0.1) is 19.7 Å². The summed E-state index contributed by atoms with van der Waals surface area (Å²) >= 11 is 0. The highest BCUT2D eigenvalue weighted by molar-refractivity contribution is 5.92. The summed E-state index contributed by atoms with van der Waals surface area (Å²) in [6, 6.07) is 9.55. The third-order valence-electron chi connectivity index (χ3n) is 6.16. The molecule has 1 fully saturated rings. The number of nitrogens with zero attached hydrogens (tertiary/aromatic N) is 3. The van der Waals surface area contributed by atoms with Gasteiger partial charge in [0.2, 0.25) is 18.6 Å². The summed E-state index contributed by atoms with van der Waals surface area (Å²) in [5, 5.41) is 7.56. The number of hydrogen-bond acceptors (Lipinski definition) is 9. The lowest BCUT2D eigenvalue weighted by atomic mass is 10.2. The number of carbonyl (C=O) groups excluding carboxylic acids is 1. The third kappa shape index (κ3) is 4.96. The quantitative estimate of drug-likeness (QED) is 0.423. The van der Waals surface area contributed by atoms with E-state index in [-0.39, 0.29) is 12.7 Å². The smallest absolute Gasteiger partial charge is 0.231 e. The zero-order chi connectivity index (χ0) is 24.2. The maximum Gasteiger partial charge on any atom is 0.231 e. The fraction of sp³-hybridized carbons (Fsp3) is 0.400. The Balaban J connectivity index is 1.35. The van der Waals surface area contributed by atoms with Gasteiger partial charge in [-0.15, -0.1) is 0 Å². The fourth-order valence-electron chi connectivity index (χ4n) is 4.32. The van der Waals surface area contributed by atoms with Gasteiger partial charge in [-0.3, -0.25) is 4.79 Å². The van der Waals surface area contributed by atoms with E-state index in [1.807, 2.05) is 35.2 Å². The van der Waals surface area contributed by atoms with Crippen molar-refractivity contribution in [1.29, 1.82) is 0 Å². The molecule has 10 heteroatoms. The molecule has 2 aromatic carbocycles. The number of rotatable bonds is 10. The summed E-state index contributed by atoms with van der Waals surface area (Å²) in [6.45, 7) is 3.02. The number of nitrogens with one attached hydrogen (secondary N) is 2. The van der Waals surface area contributed by atoms with Gasteiger partial charge < -0.3 is 34.5 Å². The molecule has 0 aliphatic carbocycles. The monoisotopic (exact) mass is 479 g/mol. The molecule has 10 nitrogen and oxygen atoms in total. The van der Waals surface area contributed by atoms with Gasteiger partial charge in [0.15, 0.2) is 23.0 Å². The van der Waals surface area contributed by atoms with Gasteiger partial charge in [0.25, 0.3) is 0 Å². The van der Waals surface area contributed by atoms with Crippen LogP contribution in [0.2, 0.25) is 0 Å².